The first kappa shape index (κ1) is 20.7. The van der Waals surface area contributed by atoms with Gasteiger partial charge in [0.1, 0.15) is 11.5 Å². The van der Waals surface area contributed by atoms with E-state index in [4.69, 9.17) is 4.42 Å². The second-order valence-electron chi connectivity index (χ2n) is 6.82. The summed E-state index contributed by atoms with van der Waals surface area (Å²) in [5, 5.41) is 12.2. The van der Waals surface area contributed by atoms with Gasteiger partial charge in [0.25, 0.3) is 0 Å². The Hall–Kier alpha value is -2.99. The summed E-state index contributed by atoms with van der Waals surface area (Å²) in [6.45, 7) is 0. The quantitative estimate of drug-likeness (QED) is 0.468. The Morgan fingerprint density at radius 1 is 0.931 bits per heavy atom. The first-order valence-corrected chi connectivity index (χ1v) is 10.0. The lowest BCUT2D eigenvalue weighted by Crippen LogP contribution is -2.39. The van der Waals surface area contributed by atoms with Crippen molar-refractivity contribution in [2.75, 3.05) is 5.75 Å². The molecule has 0 saturated carbocycles. The van der Waals surface area contributed by atoms with Crippen molar-refractivity contribution < 1.29 is 19.1 Å². The molecule has 1 aromatic heterocycles. The number of benzene rings is 2. The van der Waals surface area contributed by atoms with E-state index in [1.807, 2.05) is 60.7 Å². The van der Waals surface area contributed by atoms with Crippen LogP contribution in [0.5, 0.6) is 0 Å². The summed E-state index contributed by atoms with van der Waals surface area (Å²) in [4.78, 5) is 24.5. The Kier molecular flexibility index (Phi) is 7.14. The average molecular weight is 410 g/mol. The third kappa shape index (κ3) is 5.74. The van der Waals surface area contributed by atoms with Crippen molar-refractivity contribution in [1.82, 2.24) is 5.32 Å². The number of aliphatic carboxylic acids is 1. The third-order valence-corrected chi connectivity index (χ3v) is 5.08. The largest absolute Gasteiger partial charge is 0.479 e. The molecule has 3 aromatic rings. The molecule has 0 bridgehead atoms. The summed E-state index contributed by atoms with van der Waals surface area (Å²) >= 11 is 4.27. The monoisotopic (exact) mass is 409 g/mol. The average Bonchev–Trinajstić information content (AvgIpc) is 3.19. The normalized spacial score (nSPS) is 12.9. The predicted molar refractivity (Wildman–Crippen MR) is 114 cm³/mol. The molecule has 0 aliphatic rings. The van der Waals surface area contributed by atoms with Gasteiger partial charge in [-0.1, -0.05) is 60.7 Å². The smallest absolute Gasteiger partial charge is 0.334 e. The zero-order valence-electron chi connectivity index (χ0n) is 15.8. The third-order valence-electron chi connectivity index (χ3n) is 4.64. The first-order valence-electron chi connectivity index (χ1n) is 9.37. The van der Waals surface area contributed by atoms with Crippen LogP contribution in [0, 0.1) is 5.92 Å². The molecule has 150 valence electrons. The van der Waals surface area contributed by atoms with Gasteiger partial charge >= 0.3 is 5.97 Å². The first-order chi connectivity index (χ1) is 14.1. The number of amides is 1. The molecule has 0 saturated heterocycles. The van der Waals surface area contributed by atoms with Gasteiger partial charge in [0.2, 0.25) is 5.91 Å². The highest BCUT2D eigenvalue weighted by Crippen LogP contribution is 2.21. The second kappa shape index (κ2) is 9.98. The van der Waals surface area contributed by atoms with Crippen LogP contribution < -0.4 is 5.32 Å². The number of hydrogen-bond donors (Lipinski definition) is 3. The van der Waals surface area contributed by atoms with Crippen LogP contribution >= 0.6 is 12.6 Å². The van der Waals surface area contributed by atoms with E-state index in [0.29, 0.717) is 24.4 Å². The molecule has 2 aromatic carbocycles. The van der Waals surface area contributed by atoms with Crippen molar-refractivity contribution in [1.29, 1.82) is 0 Å². The van der Waals surface area contributed by atoms with Crippen molar-refractivity contribution in [3.8, 4) is 0 Å². The predicted octanol–water partition coefficient (Wildman–Crippen LogP) is 3.90. The minimum Gasteiger partial charge on any atom is -0.479 e. The Morgan fingerprint density at radius 3 is 2.14 bits per heavy atom. The Bertz CT molecular complexity index is 940. The van der Waals surface area contributed by atoms with Crippen LogP contribution in [0.1, 0.15) is 28.7 Å². The topological polar surface area (TPSA) is 79.5 Å². The van der Waals surface area contributed by atoms with Gasteiger partial charge in [-0.25, -0.2) is 4.79 Å². The van der Waals surface area contributed by atoms with Gasteiger partial charge in [0.05, 0.1) is 5.92 Å². The van der Waals surface area contributed by atoms with E-state index in [1.54, 1.807) is 12.1 Å². The van der Waals surface area contributed by atoms with Gasteiger partial charge in [-0.05, 0) is 29.7 Å². The number of rotatable bonds is 9. The maximum atomic E-state index is 12.7. The fourth-order valence-electron chi connectivity index (χ4n) is 3.10. The van der Waals surface area contributed by atoms with E-state index >= 15 is 0 Å². The van der Waals surface area contributed by atoms with Crippen LogP contribution in [-0.2, 0) is 22.4 Å². The minimum absolute atomic E-state index is 0.203. The highest BCUT2D eigenvalue weighted by molar-refractivity contribution is 7.80. The van der Waals surface area contributed by atoms with Crippen molar-refractivity contribution in [2.45, 2.75) is 18.9 Å². The van der Waals surface area contributed by atoms with Gasteiger partial charge in [-0.2, -0.15) is 12.6 Å². The molecule has 0 aliphatic carbocycles. The molecule has 2 N–H and O–H groups in total. The summed E-state index contributed by atoms with van der Waals surface area (Å²) in [6.07, 6.45) is 1.04. The molecule has 2 unspecified atom stereocenters. The lowest BCUT2D eigenvalue weighted by atomic mass is 9.99. The zero-order valence-corrected chi connectivity index (χ0v) is 16.7. The van der Waals surface area contributed by atoms with Crippen LogP contribution in [0.2, 0.25) is 0 Å². The number of carboxylic acid groups (broad SMARTS) is 1. The molecule has 2 atom stereocenters. The van der Waals surface area contributed by atoms with Crippen molar-refractivity contribution in [3.63, 3.8) is 0 Å². The van der Waals surface area contributed by atoms with Crippen LogP contribution in [-0.4, -0.2) is 22.7 Å². The molecule has 6 heteroatoms. The molecule has 0 radical (unpaired) electrons. The summed E-state index contributed by atoms with van der Waals surface area (Å²) < 4.78 is 5.73. The fraction of sp³-hybridized carbons (Fsp3) is 0.217. The summed E-state index contributed by atoms with van der Waals surface area (Å²) in [7, 11) is 0. The van der Waals surface area contributed by atoms with Crippen LogP contribution in [0.15, 0.2) is 77.2 Å². The lowest BCUT2D eigenvalue weighted by molar-refractivity contribution is -0.143. The van der Waals surface area contributed by atoms with Crippen LogP contribution in [0.25, 0.3) is 0 Å². The van der Waals surface area contributed by atoms with Crippen LogP contribution in [0.3, 0.4) is 0 Å². The van der Waals surface area contributed by atoms with Crippen LogP contribution in [0.4, 0.5) is 0 Å². The lowest BCUT2D eigenvalue weighted by Gasteiger charge is -2.18. The Balaban J connectivity index is 1.69. The van der Waals surface area contributed by atoms with Crippen molar-refractivity contribution >= 4 is 24.5 Å². The number of carboxylic acids is 1. The summed E-state index contributed by atoms with van der Waals surface area (Å²) in [5.74, 6) is -0.823. The summed E-state index contributed by atoms with van der Waals surface area (Å²) in [5.41, 5.74) is 2.05. The maximum Gasteiger partial charge on any atom is 0.334 e. The molecule has 3 rings (SSSR count). The molecule has 0 aliphatic heterocycles. The molecule has 1 heterocycles. The zero-order chi connectivity index (χ0) is 20.6. The standard InChI is InChI=1S/C23H23NO4S/c25-22(18(15-29)13-16-7-3-1-4-8-16)24-21(23(26)27)20-12-11-19(28-20)14-17-9-5-2-6-10-17/h1-12,18,21,29H,13-15H2,(H,24,25)(H,26,27). The number of hydrogen-bond acceptors (Lipinski definition) is 4. The maximum absolute atomic E-state index is 12.7. The van der Waals surface area contributed by atoms with Gasteiger partial charge < -0.3 is 14.8 Å². The second-order valence-corrected chi connectivity index (χ2v) is 7.18. The van der Waals surface area contributed by atoms with E-state index < -0.39 is 17.9 Å². The molecular weight excluding hydrogens is 386 g/mol. The van der Waals surface area contributed by atoms with E-state index in [-0.39, 0.29) is 11.7 Å². The molecule has 1 amide bonds. The van der Waals surface area contributed by atoms with Crippen molar-refractivity contribution in [2.24, 2.45) is 5.92 Å². The highest BCUT2D eigenvalue weighted by Gasteiger charge is 2.28. The molecule has 5 nitrogen and oxygen atoms in total. The highest BCUT2D eigenvalue weighted by atomic mass is 32.1. The Labute approximate surface area is 175 Å². The Morgan fingerprint density at radius 2 is 1.55 bits per heavy atom. The van der Waals surface area contributed by atoms with Gasteiger partial charge in [0, 0.05) is 12.2 Å². The van der Waals surface area contributed by atoms with E-state index in [0.717, 1.165) is 11.1 Å². The van der Waals surface area contributed by atoms with Gasteiger partial charge in [-0.3, -0.25) is 4.79 Å². The molecule has 0 fully saturated rings. The van der Waals surface area contributed by atoms with Gasteiger partial charge in [0.15, 0.2) is 6.04 Å². The number of carbonyl (C=O) groups excluding carboxylic acids is 1. The minimum atomic E-state index is -1.25. The molecule has 0 spiro atoms. The van der Waals surface area contributed by atoms with Crippen molar-refractivity contribution in [3.05, 3.63) is 95.4 Å². The number of nitrogens with one attached hydrogen (secondary N) is 1. The molecular formula is C23H23NO4S. The number of carbonyl (C=O) groups is 2. The summed E-state index contributed by atoms with van der Waals surface area (Å²) in [6, 6.07) is 21.4. The fourth-order valence-corrected chi connectivity index (χ4v) is 3.39. The number of thiol groups is 1. The SMILES string of the molecule is O=C(NC(C(=O)O)c1ccc(Cc2ccccc2)o1)C(CS)Cc1ccccc1. The van der Waals surface area contributed by atoms with Gasteiger partial charge in [-0.15, -0.1) is 0 Å². The van der Waals surface area contributed by atoms with E-state index in [9.17, 15) is 14.7 Å². The molecule has 29 heavy (non-hydrogen) atoms. The van der Waals surface area contributed by atoms with E-state index in [1.165, 1.54) is 0 Å². The van der Waals surface area contributed by atoms with E-state index in [2.05, 4.69) is 17.9 Å². The number of furan rings is 1.